The van der Waals surface area contributed by atoms with Gasteiger partial charge in [0.05, 0.1) is 5.56 Å². The Balaban J connectivity index is 2.17. The Bertz CT molecular complexity index is 739. The molecule has 0 fully saturated rings. The third kappa shape index (κ3) is 2.20. The first kappa shape index (κ1) is 12.9. The van der Waals surface area contributed by atoms with Crippen LogP contribution in [0.1, 0.15) is 23.5 Å². The average Bonchev–Trinajstić information content (AvgIpc) is 2.37. The van der Waals surface area contributed by atoms with Crippen LogP contribution in [-0.2, 0) is 4.79 Å². The second kappa shape index (κ2) is 4.75. The van der Waals surface area contributed by atoms with E-state index in [1.165, 1.54) is 0 Å². The van der Waals surface area contributed by atoms with E-state index in [1.54, 1.807) is 0 Å². The van der Waals surface area contributed by atoms with Crippen LogP contribution in [0.5, 0.6) is 0 Å². The Morgan fingerprint density at radius 2 is 1.95 bits per heavy atom. The number of halogens is 1. The summed E-state index contributed by atoms with van der Waals surface area (Å²) in [7, 11) is 0. The highest BCUT2D eigenvalue weighted by Gasteiger charge is 2.30. The highest BCUT2D eigenvalue weighted by atomic mass is 79.9. The number of nitrogens with two attached hydrogens (primary N) is 1. The van der Waals surface area contributed by atoms with Crippen LogP contribution in [0.2, 0.25) is 0 Å². The molecule has 1 aliphatic rings. The van der Waals surface area contributed by atoms with Crippen molar-refractivity contribution in [1.82, 2.24) is 9.97 Å². The van der Waals surface area contributed by atoms with Gasteiger partial charge in [0.1, 0.15) is 5.82 Å². The number of benzene rings is 1. The monoisotopic (exact) mass is 334 g/mol. The maximum atomic E-state index is 12.1. The Hall–Kier alpha value is -2.15. The predicted molar refractivity (Wildman–Crippen MR) is 78.5 cm³/mol. The number of carbonyl (C=O) groups is 1. The van der Waals surface area contributed by atoms with Crippen LogP contribution >= 0.6 is 15.9 Å². The lowest BCUT2D eigenvalue weighted by molar-refractivity contribution is -0.116. The summed E-state index contributed by atoms with van der Waals surface area (Å²) in [5.41, 5.74) is 6.52. The van der Waals surface area contributed by atoms with Gasteiger partial charge in [0.15, 0.2) is 0 Å². The average molecular weight is 335 g/mol. The van der Waals surface area contributed by atoms with E-state index in [0.29, 0.717) is 5.56 Å². The molecule has 102 valence electrons. The van der Waals surface area contributed by atoms with Gasteiger partial charge in [-0.15, -0.1) is 0 Å². The fraction of sp³-hybridized carbons (Fsp3) is 0.154. The highest BCUT2D eigenvalue weighted by Crippen LogP contribution is 2.34. The van der Waals surface area contributed by atoms with Crippen molar-refractivity contribution in [3.8, 4) is 0 Å². The van der Waals surface area contributed by atoms with Crippen molar-refractivity contribution in [2.45, 2.75) is 12.3 Å². The third-order valence-corrected chi connectivity index (χ3v) is 3.77. The number of nitrogens with one attached hydrogen (secondary N) is 2. The van der Waals surface area contributed by atoms with Crippen LogP contribution < -0.4 is 16.6 Å². The fourth-order valence-corrected chi connectivity index (χ4v) is 2.63. The number of anilines is 2. The minimum atomic E-state index is -0.319. The molecule has 0 radical (unpaired) electrons. The van der Waals surface area contributed by atoms with Crippen LogP contribution in [0.25, 0.3) is 0 Å². The van der Waals surface area contributed by atoms with Crippen LogP contribution in [0.15, 0.2) is 33.5 Å². The summed E-state index contributed by atoms with van der Waals surface area (Å²) in [5, 5.41) is 2.59. The van der Waals surface area contributed by atoms with Crippen molar-refractivity contribution in [3.05, 3.63) is 50.2 Å². The third-order valence-electron chi connectivity index (χ3n) is 3.24. The van der Waals surface area contributed by atoms with Crippen LogP contribution in [0.3, 0.4) is 0 Å². The lowest BCUT2D eigenvalue weighted by Gasteiger charge is -2.24. The van der Waals surface area contributed by atoms with E-state index in [4.69, 9.17) is 5.73 Å². The molecule has 0 aliphatic carbocycles. The Morgan fingerprint density at radius 1 is 1.25 bits per heavy atom. The second-order valence-corrected chi connectivity index (χ2v) is 5.49. The zero-order chi connectivity index (χ0) is 14.3. The predicted octanol–water partition coefficient (Wildman–Crippen LogP) is 1.59. The number of aromatic amines is 1. The standard InChI is InChI=1S/C13H11BrN4O2/c14-7-3-1-6(2-4-7)8-5-9(19)16-11-10(8)12(20)18-13(15)17-11/h1-4,8H,5H2,(H4,15,16,17,18,19,20). The minimum absolute atomic E-state index is 0.00879. The molecular formula is C13H11BrN4O2. The molecule has 1 aromatic carbocycles. The molecule has 0 spiro atoms. The lowest BCUT2D eigenvalue weighted by Crippen LogP contribution is -2.31. The van der Waals surface area contributed by atoms with E-state index >= 15 is 0 Å². The number of fused-ring (bicyclic) bond motifs is 1. The number of aromatic nitrogens is 2. The summed E-state index contributed by atoms with van der Waals surface area (Å²) >= 11 is 3.36. The molecule has 2 aromatic rings. The summed E-state index contributed by atoms with van der Waals surface area (Å²) in [6.45, 7) is 0. The number of nitrogen functional groups attached to an aromatic ring is 1. The molecular weight excluding hydrogens is 324 g/mol. The number of amides is 1. The number of H-pyrrole nitrogens is 1. The fourth-order valence-electron chi connectivity index (χ4n) is 2.37. The maximum Gasteiger partial charge on any atom is 0.258 e. The van der Waals surface area contributed by atoms with Crippen molar-refractivity contribution < 1.29 is 4.79 Å². The number of hydrogen-bond donors (Lipinski definition) is 3. The SMILES string of the molecule is Nc1nc2c(c(=O)[nH]1)C(c1ccc(Br)cc1)CC(=O)N2. The van der Waals surface area contributed by atoms with Gasteiger partial charge in [0, 0.05) is 16.8 Å². The Kier molecular flexibility index (Phi) is 3.06. The summed E-state index contributed by atoms with van der Waals surface area (Å²) < 4.78 is 0.936. The molecule has 20 heavy (non-hydrogen) atoms. The molecule has 1 aromatic heterocycles. The van der Waals surface area contributed by atoms with Gasteiger partial charge in [-0.2, -0.15) is 4.98 Å². The Morgan fingerprint density at radius 3 is 2.65 bits per heavy atom. The smallest absolute Gasteiger partial charge is 0.258 e. The largest absolute Gasteiger partial charge is 0.369 e. The summed E-state index contributed by atoms with van der Waals surface area (Å²) in [4.78, 5) is 30.4. The van der Waals surface area contributed by atoms with Crippen LogP contribution in [0.4, 0.5) is 11.8 Å². The first-order chi connectivity index (χ1) is 9.54. The molecule has 7 heteroatoms. The maximum absolute atomic E-state index is 12.1. The topological polar surface area (TPSA) is 101 Å². The van der Waals surface area contributed by atoms with E-state index in [9.17, 15) is 9.59 Å². The van der Waals surface area contributed by atoms with Gasteiger partial charge in [0.2, 0.25) is 11.9 Å². The normalized spacial score (nSPS) is 17.4. The minimum Gasteiger partial charge on any atom is -0.369 e. The highest BCUT2D eigenvalue weighted by molar-refractivity contribution is 9.10. The van der Waals surface area contributed by atoms with Gasteiger partial charge < -0.3 is 11.1 Å². The quantitative estimate of drug-likeness (QED) is 0.737. The van der Waals surface area contributed by atoms with Crippen molar-refractivity contribution in [1.29, 1.82) is 0 Å². The molecule has 1 amide bonds. The van der Waals surface area contributed by atoms with E-state index in [0.717, 1.165) is 10.0 Å². The lowest BCUT2D eigenvalue weighted by atomic mass is 9.87. The summed E-state index contributed by atoms with van der Waals surface area (Å²) in [6, 6.07) is 7.51. The number of carbonyl (C=O) groups excluding carboxylic acids is 1. The van der Waals surface area contributed by atoms with Crippen molar-refractivity contribution in [2.24, 2.45) is 0 Å². The zero-order valence-corrected chi connectivity index (χ0v) is 11.9. The summed E-state index contributed by atoms with van der Waals surface area (Å²) in [5.74, 6) is -0.257. The first-order valence-corrected chi connectivity index (χ1v) is 6.79. The number of nitrogens with zero attached hydrogens (tertiary/aromatic N) is 1. The molecule has 0 saturated heterocycles. The van der Waals surface area contributed by atoms with Gasteiger partial charge in [-0.3, -0.25) is 14.6 Å². The second-order valence-electron chi connectivity index (χ2n) is 4.57. The Labute approximate surface area is 122 Å². The van der Waals surface area contributed by atoms with Crippen molar-refractivity contribution in [3.63, 3.8) is 0 Å². The number of hydrogen-bond acceptors (Lipinski definition) is 4. The molecule has 1 aliphatic heterocycles. The molecule has 4 N–H and O–H groups in total. The number of rotatable bonds is 1. The van der Waals surface area contributed by atoms with Gasteiger partial charge in [-0.25, -0.2) is 0 Å². The van der Waals surface area contributed by atoms with Crippen molar-refractivity contribution in [2.75, 3.05) is 11.1 Å². The zero-order valence-electron chi connectivity index (χ0n) is 10.3. The molecule has 0 bridgehead atoms. The van der Waals surface area contributed by atoms with E-state index in [1.807, 2.05) is 24.3 Å². The van der Waals surface area contributed by atoms with E-state index < -0.39 is 0 Å². The van der Waals surface area contributed by atoms with Crippen molar-refractivity contribution >= 4 is 33.6 Å². The van der Waals surface area contributed by atoms with Gasteiger partial charge in [-0.05, 0) is 17.7 Å². The molecule has 1 atom stereocenters. The van der Waals surface area contributed by atoms with E-state index in [-0.39, 0.29) is 35.6 Å². The van der Waals surface area contributed by atoms with Gasteiger partial charge in [0.25, 0.3) is 5.56 Å². The molecule has 0 saturated carbocycles. The van der Waals surface area contributed by atoms with E-state index in [2.05, 4.69) is 31.2 Å². The first-order valence-electron chi connectivity index (χ1n) is 5.99. The molecule has 6 nitrogen and oxygen atoms in total. The molecule has 3 rings (SSSR count). The van der Waals surface area contributed by atoms with Gasteiger partial charge in [-0.1, -0.05) is 28.1 Å². The van der Waals surface area contributed by atoms with Gasteiger partial charge >= 0.3 is 0 Å². The molecule has 2 heterocycles. The van der Waals surface area contributed by atoms with Crippen LogP contribution in [0, 0.1) is 0 Å². The molecule has 1 unspecified atom stereocenters. The summed E-state index contributed by atoms with van der Waals surface area (Å²) in [6.07, 6.45) is 0.212. The van der Waals surface area contributed by atoms with Crippen LogP contribution in [-0.4, -0.2) is 15.9 Å².